The molecule has 1 fully saturated rings. The predicted molar refractivity (Wildman–Crippen MR) is 143 cm³/mol. The van der Waals surface area contributed by atoms with E-state index in [0.29, 0.717) is 12.0 Å². The maximum Gasteiger partial charge on any atom is 0.255 e. The van der Waals surface area contributed by atoms with E-state index in [1.165, 1.54) is 25.1 Å². The number of aromatic hydroxyl groups is 1. The van der Waals surface area contributed by atoms with Crippen LogP contribution in [0, 0.1) is 11.8 Å². The monoisotopic (exact) mass is 542 g/mol. The van der Waals surface area contributed by atoms with Crippen molar-refractivity contribution in [1.29, 1.82) is 0 Å². The summed E-state index contributed by atoms with van der Waals surface area (Å²) < 4.78 is 0. The number of phenolic OH excluding ortho intramolecular Hbond substituents is 1. The summed E-state index contributed by atoms with van der Waals surface area (Å²) in [6, 6.07) is 3.34. The molecular weight excluding hydrogens is 504 g/mol. The molecule has 0 spiro atoms. The maximum atomic E-state index is 14.1. The highest BCUT2D eigenvalue weighted by molar-refractivity contribution is 6.24. The Kier molecular flexibility index (Phi) is 7.93. The number of amides is 1. The van der Waals surface area contributed by atoms with Crippen molar-refractivity contribution < 1.29 is 39.9 Å². The molecule has 1 unspecified atom stereocenters. The average Bonchev–Trinajstić information content (AvgIpc) is 2.87. The molecule has 39 heavy (non-hydrogen) atoms. The zero-order valence-electron chi connectivity index (χ0n) is 22.6. The fourth-order valence-corrected chi connectivity index (χ4v) is 6.88. The van der Waals surface area contributed by atoms with E-state index in [2.05, 4.69) is 6.92 Å². The summed E-state index contributed by atoms with van der Waals surface area (Å²) in [7, 11) is 2.98. The number of phenols is 1. The minimum Gasteiger partial charge on any atom is -0.508 e. The third-order valence-corrected chi connectivity index (χ3v) is 8.67. The molecule has 0 bridgehead atoms. The Hall–Kier alpha value is -3.21. The molecule has 0 heterocycles. The molecule has 3 aliphatic carbocycles. The van der Waals surface area contributed by atoms with Gasteiger partial charge in [0.25, 0.3) is 5.91 Å². The number of benzene rings is 1. The zero-order chi connectivity index (χ0) is 28.8. The molecule has 0 aromatic heterocycles. The van der Waals surface area contributed by atoms with Gasteiger partial charge >= 0.3 is 0 Å². The summed E-state index contributed by atoms with van der Waals surface area (Å²) in [5, 5.41) is 56.6. The number of hydrogen-bond acceptors (Lipinski definition) is 9. The number of primary amides is 1. The number of nitrogens with zero attached hydrogens (tertiary/aromatic N) is 1. The van der Waals surface area contributed by atoms with Gasteiger partial charge < -0.3 is 31.3 Å². The van der Waals surface area contributed by atoms with E-state index in [1.807, 2.05) is 0 Å². The number of unbranched alkanes of at least 4 members (excludes halogenated alkanes) is 5. The molecule has 4 rings (SSSR count). The summed E-state index contributed by atoms with van der Waals surface area (Å²) in [4.78, 5) is 40.9. The number of fused-ring (bicyclic) bond motifs is 3. The minimum atomic E-state index is -2.90. The van der Waals surface area contributed by atoms with Gasteiger partial charge in [-0.2, -0.15) is 0 Å². The highest BCUT2D eigenvalue weighted by Crippen LogP contribution is 2.57. The van der Waals surface area contributed by atoms with E-state index >= 15 is 0 Å². The van der Waals surface area contributed by atoms with Crippen LogP contribution in [-0.4, -0.2) is 79.7 Å². The second-order valence-electron chi connectivity index (χ2n) is 11.2. The molecule has 212 valence electrons. The van der Waals surface area contributed by atoms with Crippen LogP contribution in [0.4, 0.5) is 0 Å². The lowest BCUT2D eigenvalue weighted by atomic mass is 9.53. The van der Waals surface area contributed by atoms with Crippen molar-refractivity contribution >= 4 is 23.2 Å². The van der Waals surface area contributed by atoms with Crippen LogP contribution in [0.5, 0.6) is 5.75 Å². The van der Waals surface area contributed by atoms with Gasteiger partial charge in [-0.15, -0.1) is 0 Å². The van der Waals surface area contributed by atoms with Crippen LogP contribution in [0.15, 0.2) is 35.1 Å². The van der Waals surface area contributed by atoms with Crippen LogP contribution >= 0.6 is 0 Å². The zero-order valence-corrected chi connectivity index (χ0v) is 22.6. The summed E-state index contributed by atoms with van der Waals surface area (Å²) in [5.41, 5.74) is 1.75. The lowest BCUT2D eigenvalue weighted by Gasteiger charge is -2.54. The van der Waals surface area contributed by atoms with Crippen LogP contribution in [0.25, 0.3) is 5.76 Å². The third-order valence-electron chi connectivity index (χ3n) is 8.67. The van der Waals surface area contributed by atoms with E-state index in [0.717, 1.165) is 38.5 Å². The Balaban J connectivity index is 1.89. The number of aliphatic hydroxyl groups excluding tert-OH is 3. The minimum absolute atomic E-state index is 0.0250. The van der Waals surface area contributed by atoms with E-state index in [1.54, 1.807) is 12.1 Å². The van der Waals surface area contributed by atoms with Crippen molar-refractivity contribution in [2.45, 2.75) is 75.5 Å². The number of likely N-dealkylation sites (N-methyl/N-ethyl adjacent to an activating group) is 1. The number of Topliss-reactive ketones (excluding diaryl/α,β-unsaturated/α-hetero) is 2. The Morgan fingerprint density at radius 2 is 1.69 bits per heavy atom. The Bertz CT molecular complexity index is 1250. The Morgan fingerprint density at radius 1 is 1.05 bits per heavy atom. The Morgan fingerprint density at radius 3 is 2.31 bits per heavy atom. The van der Waals surface area contributed by atoms with E-state index in [4.69, 9.17) is 5.73 Å². The number of nitrogens with two attached hydrogens (primary N) is 1. The number of rotatable bonds is 9. The SMILES string of the molecule is CCCCCCCC[C@H]1c2cccc(O)c2C(O)=C2C(=O)[C@]3(O)C(O)=C(C(N)=O)C(=O)C(N(C)C)[C@@H]3[C@@H](O)[C@@H]21. The van der Waals surface area contributed by atoms with E-state index in [9.17, 15) is 39.9 Å². The highest BCUT2D eigenvalue weighted by atomic mass is 16.4. The van der Waals surface area contributed by atoms with Gasteiger partial charge in [-0.1, -0.05) is 57.6 Å². The fraction of sp³-hybridized carbons (Fsp3) is 0.552. The van der Waals surface area contributed by atoms with Crippen molar-refractivity contribution in [3.05, 3.63) is 46.2 Å². The second kappa shape index (κ2) is 10.7. The molecule has 1 aromatic carbocycles. The summed E-state index contributed by atoms with van der Waals surface area (Å²) in [6.45, 7) is 2.13. The van der Waals surface area contributed by atoms with Crippen molar-refractivity contribution in [3.8, 4) is 5.75 Å². The van der Waals surface area contributed by atoms with Gasteiger partial charge in [-0.3, -0.25) is 19.3 Å². The third kappa shape index (κ3) is 4.34. The van der Waals surface area contributed by atoms with Gasteiger partial charge in [0.15, 0.2) is 11.4 Å². The molecule has 0 aliphatic heterocycles. The molecule has 6 atom stereocenters. The number of ketones is 2. The molecule has 7 N–H and O–H groups in total. The van der Waals surface area contributed by atoms with Crippen molar-refractivity contribution in [1.82, 2.24) is 4.90 Å². The normalized spacial score (nSPS) is 30.4. The smallest absolute Gasteiger partial charge is 0.255 e. The maximum absolute atomic E-state index is 14.1. The molecule has 1 amide bonds. The number of hydrogen-bond donors (Lipinski definition) is 6. The van der Waals surface area contributed by atoms with Crippen LogP contribution < -0.4 is 5.73 Å². The molecule has 0 saturated heterocycles. The standard InChI is InChI=1S/C29H38N2O8/c1-4-5-6-7-8-9-11-15-14-12-10-13-16(32)17(14)23(33)19-18(15)24(34)21-22(31(2)3)25(35)20(28(30)38)27(37)29(21,39)26(19)36/h10,12-13,15,18,21-22,24,32-34,37,39H,4-9,11H2,1-3H3,(H2,30,38)/t15-,18+,21+,22?,24-,29-/m0/s1. The predicted octanol–water partition coefficient (Wildman–Crippen LogP) is 2.23. The van der Waals surface area contributed by atoms with Crippen LogP contribution in [0.3, 0.4) is 0 Å². The van der Waals surface area contributed by atoms with Crippen LogP contribution in [-0.2, 0) is 14.4 Å². The van der Waals surface area contributed by atoms with Crippen molar-refractivity contribution in [2.75, 3.05) is 14.1 Å². The first-order valence-electron chi connectivity index (χ1n) is 13.6. The first-order valence-corrected chi connectivity index (χ1v) is 13.6. The van der Waals surface area contributed by atoms with Gasteiger partial charge in [0.05, 0.1) is 23.6 Å². The molecule has 0 radical (unpaired) electrons. The van der Waals surface area contributed by atoms with Crippen molar-refractivity contribution in [2.24, 2.45) is 17.6 Å². The number of carbonyl (C=O) groups excluding carboxylic acids is 3. The summed E-state index contributed by atoms with van der Waals surface area (Å²) in [5.74, 6) is -8.63. The largest absolute Gasteiger partial charge is 0.508 e. The molecule has 1 saturated carbocycles. The van der Waals surface area contributed by atoms with E-state index in [-0.39, 0.29) is 16.9 Å². The average molecular weight is 543 g/mol. The Labute approximate surface area is 227 Å². The van der Waals surface area contributed by atoms with Crippen LogP contribution in [0.1, 0.15) is 68.9 Å². The van der Waals surface area contributed by atoms with Gasteiger partial charge in [-0.05, 0) is 38.1 Å². The van der Waals surface area contributed by atoms with Gasteiger partial charge in [0, 0.05) is 11.5 Å². The molecule has 3 aliphatic rings. The molecule has 1 aromatic rings. The molecule has 10 heteroatoms. The fourth-order valence-electron chi connectivity index (χ4n) is 6.88. The van der Waals surface area contributed by atoms with Gasteiger partial charge in [-0.25, -0.2) is 0 Å². The topological polar surface area (TPSA) is 182 Å². The first kappa shape index (κ1) is 28.8. The van der Waals surface area contributed by atoms with Gasteiger partial charge in [0.1, 0.15) is 22.8 Å². The quantitative estimate of drug-likeness (QED) is 0.201. The summed E-state index contributed by atoms with van der Waals surface area (Å²) >= 11 is 0. The van der Waals surface area contributed by atoms with E-state index < -0.39 is 70.1 Å². The number of aliphatic hydroxyl groups is 4. The lowest BCUT2D eigenvalue weighted by Crippen LogP contribution is -2.70. The molecule has 10 nitrogen and oxygen atoms in total. The van der Waals surface area contributed by atoms with Crippen molar-refractivity contribution in [3.63, 3.8) is 0 Å². The molecular formula is C29H38N2O8. The first-order chi connectivity index (χ1) is 18.4. The second-order valence-corrected chi connectivity index (χ2v) is 11.2. The highest BCUT2D eigenvalue weighted by Gasteiger charge is 2.68. The number of carbonyl (C=O) groups is 3. The van der Waals surface area contributed by atoms with Gasteiger partial charge in [0.2, 0.25) is 5.78 Å². The van der Waals surface area contributed by atoms with Crippen LogP contribution in [0.2, 0.25) is 0 Å². The lowest BCUT2D eigenvalue weighted by molar-refractivity contribution is -0.169. The summed E-state index contributed by atoms with van der Waals surface area (Å²) in [6.07, 6.45) is 4.91.